The second-order valence-corrected chi connectivity index (χ2v) is 3.88. The zero-order valence-corrected chi connectivity index (χ0v) is 9.62. The molecule has 0 unspecified atom stereocenters. The summed E-state index contributed by atoms with van der Waals surface area (Å²) in [5.41, 5.74) is 0.851. The van der Waals surface area contributed by atoms with Crippen molar-refractivity contribution in [3.8, 4) is 17.2 Å². The van der Waals surface area contributed by atoms with Gasteiger partial charge in [-0.3, -0.25) is 0 Å². The smallest absolute Gasteiger partial charge is 0.406 e. The van der Waals surface area contributed by atoms with E-state index in [4.69, 9.17) is 4.42 Å². The molecule has 0 radical (unpaired) electrons. The number of H-pyrrole nitrogens is 2. The Hall–Kier alpha value is -2.71. The molecule has 20 heavy (non-hydrogen) atoms. The normalized spacial score (nSPS) is 11.9. The molecule has 2 heterocycles. The van der Waals surface area contributed by atoms with Crippen LogP contribution in [0.3, 0.4) is 0 Å². The highest BCUT2D eigenvalue weighted by Gasteiger charge is 2.31. The summed E-state index contributed by atoms with van der Waals surface area (Å²) >= 11 is 0. The van der Waals surface area contributed by atoms with E-state index in [0.29, 0.717) is 16.5 Å². The Morgan fingerprint density at radius 3 is 2.75 bits per heavy atom. The minimum absolute atomic E-state index is 0.0470. The molecule has 0 saturated heterocycles. The van der Waals surface area contributed by atoms with Crippen molar-refractivity contribution in [3.63, 3.8) is 0 Å². The van der Waals surface area contributed by atoms with Gasteiger partial charge in [0.25, 0.3) is 5.89 Å². The van der Waals surface area contributed by atoms with Gasteiger partial charge in [-0.05, 0) is 12.1 Å². The second-order valence-electron chi connectivity index (χ2n) is 3.88. The van der Waals surface area contributed by atoms with Crippen LogP contribution in [0.1, 0.15) is 0 Å². The Morgan fingerprint density at radius 2 is 2.10 bits per heavy atom. The summed E-state index contributed by atoms with van der Waals surface area (Å²) in [6.07, 6.45) is -3.28. The van der Waals surface area contributed by atoms with E-state index in [-0.39, 0.29) is 11.6 Å². The molecule has 2 N–H and O–H groups in total. The van der Waals surface area contributed by atoms with E-state index in [9.17, 15) is 18.0 Å². The number of alkyl halides is 3. The number of aromatic amines is 2. The van der Waals surface area contributed by atoms with Gasteiger partial charge in [0.05, 0.1) is 5.56 Å². The summed E-state index contributed by atoms with van der Waals surface area (Å²) in [6, 6.07) is 3.77. The molecule has 2 aromatic heterocycles. The number of hydrogen-bond acceptors (Lipinski definition) is 4. The highest BCUT2D eigenvalue weighted by molar-refractivity contribution is 5.94. The molecule has 0 aliphatic carbocycles. The lowest BCUT2D eigenvalue weighted by Crippen LogP contribution is -2.16. The summed E-state index contributed by atoms with van der Waals surface area (Å²) in [6.45, 7) is 0. The second kappa shape index (κ2) is 4.15. The lowest BCUT2D eigenvalue weighted by Gasteiger charge is -2.08. The van der Waals surface area contributed by atoms with Crippen molar-refractivity contribution >= 4 is 10.9 Å². The predicted molar refractivity (Wildman–Crippen MR) is 61.1 cm³/mol. The highest BCUT2D eigenvalue weighted by atomic mass is 19.4. The summed E-state index contributed by atoms with van der Waals surface area (Å²) in [7, 11) is 0. The summed E-state index contributed by atoms with van der Waals surface area (Å²) in [5.74, 6) is -1.01. The van der Waals surface area contributed by atoms with Crippen LogP contribution in [0, 0.1) is 0 Å². The molecule has 3 aromatic rings. The Bertz CT molecular complexity index is 815. The van der Waals surface area contributed by atoms with Crippen molar-refractivity contribution in [3.05, 3.63) is 34.9 Å². The molecule has 104 valence electrons. The van der Waals surface area contributed by atoms with Crippen molar-refractivity contribution < 1.29 is 22.3 Å². The predicted octanol–water partition coefficient (Wildman–Crippen LogP) is 2.41. The molecule has 3 rings (SSSR count). The first-order chi connectivity index (χ1) is 9.42. The minimum Gasteiger partial charge on any atom is -0.406 e. The molecule has 0 fully saturated rings. The van der Waals surface area contributed by atoms with Gasteiger partial charge in [-0.15, -0.1) is 18.3 Å². The van der Waals surface area contributed by atoms with E-state index in [1.807, 2.05) is 0 Å². The molecule has 1 aromatic carbocycles. The quantitative estimate of drug-likeness (QED) is 0.757. The van der Waals surface area contributed by atoms with Gasteiger partial charge in [0.15, 0.2) is 0 Å². The average molecular weight is 285 g/mol. The van der Waals surface area contributed by atoms with E-state index in [2.05, 4.69) is 19.9 Å². The number of ether oxygens (including phenoxy) is 1. The van der Waals surface area contributed by atoms with Crippen LogP contribution in [-0.2, 0) is 0 Å². The summed E-state index contributed by atoms with van der Waals surface area (Å²) < 4.78 is 45.0. The molecule has 0 aliphatic rings. The van der Waals surface area contributed by atoms with E-state index in [1.165, 1.54) is 18.3 Å². The first-order valence-electron chi connectivity index (χ1n) is 5.35. The number of hydrogen-bond donors (Lipinski definition) is 2. The van der Waals surface area contributed by atoms with Crippen LogP contribution >= 0.6 is 0 Å². The molecule has 0 amide bonds. The fraction of sp³-hybridized carbons (Fsp3) is 0.0909. The molecule has 6 nitrogen and oxygen atoms in total. The number of aromatic nitrogens is 3. The van der Waals surface area contributed by atoms with E-state index in [0.717, 1.165) is 6.07 Å². The van der Waals surface area contributed by atoms with Crippen molar-refractivity contribution in [2.75, 3.05) is 0 Å². The van der Waals surface area contributed by atoms with Crippen LogP contribution in [0.25, 0.3) is 22.4 Å². The van der Waals surface area contributed by atoms with Gasteiger partial charge >= 0.3 is 12.1 Å². The van der Waals surface area contributed by atoms with Crippen molar-refractivity contribution in [2.24, 2.45) is 0 Å². The first-order valence-corrected chi connectivity index (χ1v) is 5.35. The van der Waals surface area contributed by atoms with Gasteiger partial charge in [0, 0.05) is 23.2 Å². The van der Waals surface area contributed by atoms with Crippen LogP contribution < -0.4 is 10.5 Å². The first kappa shape index (κ1) is 12.3. The van der Waals surface area contributed by atoms with E-state index >= 15 is 0 Å². The number of benzene rings is 1. The monoisotopic (exact) mass is 285 g/mol. The topological polar surface area (TPSA) is 83.9 Å². The number of nitrogens with zero attached hydrogens (tertiary/aromatic N) is 1. The van der Waals surface area contributed by atoms with Gasteiger partial charge in [0.2, 0.25) is 0 Å². The van der Waals surface area contributed by atoms with Gasteiger partial charge in [-0.25, -0.2) is 9.89 Å². The number of nitrogens with one attached hydrogen (secondary N) is 2. The zero-order chi connectivity index (χ0) is 14.3. The maximum atomic E-state index is 12.1. The third-order valence-electron chi connectivity index (χ3n) is 2.56. The highest BCUT2D eigenvalue weighted by Crippen LogP contribution is 2.31. The Labute approximate surface area is 108 Å². The van der Waals surface area contributed by atoms with E-state index in [1.54, 1.807) is 0 Å². The van der Waals surface area contributed by atoms with Gasteiger partial charge < -0.3 is 14.1 Å². The maximum absolute atomic E-state index is 12.1. The SMILES string of the molecule is O=c1[nH]nc(-c2c[nH]c3cc(OC(F)(F)F)ccc23)o1. The van der Waals surface area contributed by atoms with Gasteiger partial charge in [0.1, 0.15) is 5.75 Å². The Morgan fingerprint density at radius 1 is 1.30 bits per heavy atom. The maximum Gasteiger partial charge on any atom is 0.573 e. The van der Waals surface area contributed by atoms with Crippen LogP contribution in [0.2, 0.25) is 0 Å². The molecular formula is C11H6F3N3O3. The molecule has 0 atom stereocenters. The van der Waals surface area contributed by atoms with E-state index < -0.39 is 12.1 Å². The Balaban J connectivity index is 2.04. The molecule has 9 heteroatoms. The number of rotatable bonds is 2. The van der Waals surface area contributed by atoms with Crippen molar-refractivity contribution in [1.82, 2.24) is 15.2 Å². The fourth-order valence-corrected chi connectivity index (χ4v) is 1.82. The number of halogens is 3. The average Bonchev–Trinajstić information content (AvgIpc) is 2.92. The van der Waals surface area contributed by atoms with Gasteiger partial charge in [-0.1, -0.05) is 0 Å². The summed E-state index contributed by atoms with van der Waals surface area (Å²) in [4.78, 5) is 13.7. The molecule has 0 saturated carbocycles. The molecular weight excluding hydrogens is 279 g/mol. The molecule has 0 spiro atoms. The molecule has 0 aliphatic heterocycles. The lowest BCUT2D eigenvalue weighted by atomic mass is 10.1. The lowest BCUT2D eigenvalue weighted by molar-refractivity contribution is -0.274. The fourth-order valence-electron chi connectivity index (χ4n) is 1.82. The standard InChI is InChI=1S/C11H6F3N3O3/c12-11(13,14)20-5-1-2-6-7(4-15-8(6)3-5)9-16-17-10(18)19-9/h1-4,15H,(H,17,18). The van der Waals surface area contributed by atoms with Crippen molar-refractivity contribution in [1.29, 1.82) is 0 Å². The van der Waals surface area contributed by atoms with Crippen LogP contribution in [0.15, 0.2) is 33.6 Å². The largest absolute Gasteiger partial charge is 0.573 e. The van der Waals surface area contributed by atoms with Gasteiger partial charge in [-0.2, -0.15) is 0 Å². The van der Waals surface area contributed by atoms with Crippen molar-refractivity contribution in [2.45, 2.75) is 6.36 Å². The summed E-state index contributed by atoms with van der Waals surface area (Å²) in [5, 5.41) is 6.31. The number of fused-ring (bicyclic) bond motifs is 1. The third kappa shape index (κ3) is 2.25. The zero-order valence-electron chi connectivity index (χ0n) is 9.62. The van der Waals surface area contributed by atoms with Crippen LogP contribution in [-0.4, -0.2) is 21.5 Å². The minimum atomic E-state index is -4.75. The van der Waals surface area contributed by atoms with Crippen LogP contribution in [0.5, 0.6) is 5.75 Å². The third-order valence-corrected chi connectivity index (χ3v) is 2.56. The molecule has 0 bridgehead atoms. The van der Waals surface area contributed by atoms with Crippen LogP contribution in [0.4, 0.5) is 13.2 Å². The Kier molecular flexibility index (Phi) is 2.56.